The van der Waals surface area contributed by atoms with Gasteiger partial charge in [-0.3, -0.25) is 4.79 Å². The molecule has 0 saturated heterocycles. The lowest BCUT2D eigenvalue weighted by molar-refractivity contribution is -0.127. The number of carbonyl (C=O) groups is 1. The number of amides is 1. The van der Waals surface area contributed by atoms with E-state index < -0.39 is 12.6 Å². The van der Waals surface area contributed by atoms with Gasteiger partial charge in [0.1, 0.15) is 0 Å². The summed E-state index contributed by atoms with van der Waals surface area (Å²) in [4.78, 5) is 11.9. The molecule has 0 spiro atoms. The molecule has 2 aromatic rings. The van der Waals surface area contributed by atoms with Crippen molar-refractivity contribution in [3.63, 3.8) is 0 Å². The van der Waals surface area contributed by atoms with Crippen molar-refractivity contribution in [3.8, 4) is 0 Å². The van der Waals surface area contributed by atoms with Gasteiger partial charge in [-0.15, -0.1) is 0 Å². The summed E-state index contributed by atoms with van der Waals surface area (Å²) < 4.78 is 37.8. The fraction of sp³-hybridized carbons (Fsp3) is 0.250. The third kappa shape index (κ3) is 4.81. The molecule has 1 aliphatic heterocycles. The van der Waals surface area contributed by atoms with Crippen LogP contribution in [-0.4, -0.2) is 18.1 Å². The molecule has 0 aliphatic carbocycles. The van der Waals surface area contributed by atoms with Gasteiger partial charge >= 0.3 is 6.18 Å². The van der Waals surface area contributed by atoms with Crippen molar-refractivity contribution < 1.29 is 18.0 Å². The molecule has 2 aromatic carbocycles. The summed E-state index contributed by atoms with van der Waals surface area (Å²) in [6.45, 7) is 5.93. The maximum Gasteiger partial charge on any atom is 0.393 e. The van der Waals surface area contributed by atoms with E-state index in [0.29, 0.717) is 23.5 Å². The van der Waals surface area contributed by atoms with Crippen LogP contribution in [0.4, 0.5) is 30.2 Å². The van der Waals surface area contributed by atoms with E-state index in [1.165, 1.54) is 12.1 Å². The monoisotopic (exact) mass is 375 g/mol. The number of alkyl halides is 3. The molecule has 27 heavy (non-hydrogen) atoms. The molecule has 3 rings (SSSR count). The van der Waals surface area contributed by atoms with Crippen LogP contribution in [0.25, 0.3) is 5.70 Å². The molecule has 0 aromatic heterocycles. The molecule has 0 radical (unpaired) electrons. The third-order valence-electron chi connectivity index (χ3n) is 4.17. The Labute approximate surface area is 155 Å². The standard InChI is InChI=1S/C20H20F3N3O/c1-12-9-18(27)26-17-8-4-7-16(19(17)24-12)13(2)25-15-6-3-5-14(10-15)11-20(21,22)23/h3-8,10,12,24-25H,2,9,11H2,1H3,(H,26,27). The number of carbonyl (C=O) groups excluding carboxylic acids is 1. The van der Waals surface area contributed by atoms with Gasteiger partial charge in [0.2, 0.25) is 5.91 Å². The van der Waals surface area contributed by atoms with Gasteiger partial charge in [-0.2, -0.15) is 13.2 Å². The van der Waals surface area contributed by atoms with Crippen molar-refractivity contribution in [2.45, 2.75) is 32.0 Å². The molecule has 7 heteroatoms. The van der Waals surface area contributed by atoms with Gasteiger partial charge in [-0.05, 0) is 30.7 Å². The Morgan fingerprint density at radius 1 is 1.26 bits per heavy atom. The average Bonchev–Trinajstić information content (AvgIpc) is 2.69. The van der Waals surface area contributed by atoms with Crippen LogP contribution >= 0.6 is 0 Å². The Bertz CT molecular complexity index is 877. The fourth-order valence-electron chi connectivity index (χ4n) is 3.07. The quantitative estimate of drug-likeness (QED) is 0.704. The van der Waals surface area contributed by atoms with Crippen molar-refractivity contribution >= 4 is 28.7 Å². The maximum absolute atomic E-state index is 12.6. The van der Waals surface area contributed by atoms with Gasteiger partial charge in [-0.25, -0.2) is 0 Å². The van der Waals surface area contributed by atoms with Crippen molar-refractivity contribution in [3.05, 3.63) is 60.2 Å². The van der Waals surface area contributed by atoms with Gasteiger partial charge in [-0.1, -0.05) is 30.8 Å². The van der Waals surface area contributed by atoms with E-state index in [1.807, 2.05) is 13.0 Å². The number of benzene rings is 2. The predicted octanol–water partition coefficient (Wildman–Crippen LogP) is 5.02. The summed E-state index contributed by atoms with van der Waals surface area (Å²) in [5, 5.41) is 9.22. The maximum atomic E-state index is 12.6. The zero-order chi connectivity index (χ0) is 19.6. The molecule has 1 amide bonds. The van der Waals surface area contributed by atoms with Crippen LogP contribution in [0, 0.1) is 0 Å². The molecule has 1 aliphatic rings. The third-order valence-corrected chi connectivity index (χ3v) is 4.17. The number of nitrogens with one attached hydrogen (secondary N) is 3. The first kappa shape index (κ1) is 18.8. The first-order valence-electron chi connectivity index (χ1n) is 8.52. The summed E-state index contributed by atoms with van der Waals surface area (Å²) >= 11 is 0. The molecule has 1 heterocycles. The molecule has 1 atom stereocenters. The second-order valence-electron chi connectivity index (χ2n) is 6.62. The van der Waals surface area contributed by atoms with E-state index in [2.05, 4.69) is 22.5 Å². The Morgan fingerprint density at radius 2 is 2.00 bits per heavy atom. The minimum atomic E-state index is -4.26. The van der Waals surface area contributed by atoms with Crippen LogP contribution in [-0.2, 0) is 11.2 Å². The number of para-hydroxylation sites is 1. The molecule has 0 bridgehead atoms. The number of anilines is 3. The Balaban J connectivity index is 1.85. The van der Waals surface area contributed by atoms with Crippen LogP contribution in [0.15, 0.2) is 49.0 Å². The number of rotatable bonds is 4. The lowest BCUT2D eigenvalue weighted by atomic mass is 10.1. The number of hydrogen-bond donors (Lipinski definition) is 3. The molecule has 142 valence electrons. The van der Waals surface area contributed by atoms with Crippen molar-refractivity contribution in [2.75, 3.05) is 16.0 Å². The highest BCUT2D eigenvalue weighted by atomic mass is 19.4. The van der Waals surface area contributed by atoms with Gasteiger partial charge < -0.3 is 16.0 Å². The largest absolute Gasteiger partial charge is 0.393 e. The average molecular weight is 375 g/mol. The minimum Gasteiger partial charge on any atom is -0.380 e. The lowest BCUT2D eigenvalue weighted by Gasteiger charge is -2.19. The fourth-order valence-corrected chi connectivity index (χ4v) is 3.07. The molecular formula is C20H20F3N3O. The first-order valence-corrected chi connectivity index (χ1v) is 8.52. The Morgan fingerprint density at radius 3 is 2.74 bits per heavy atom. The summed E-state index contributed by atoms with van der Waals surface area (Å²) in [7, 11) is 0. The summed E-state index contributed by atoms with van der Waals surface area (Å²) in [5.74, 6) is -0.0793. The second-order valence-corrected chi connectivity index (χ2v) is 6.62. The van der Waals surface area contributed by atoms with E-state index in [-0.39, 0.29) is 17.5 Å². The number of fused-ring (bicyclic) bond motifs is 1. The normalized spacial score (nSPS) is 16.6. The highest BCUT2D eigenvalue weighted by Gasteiger charge is 2.27. The van der Waals surface area contributed by atoms with Crippen LogP contribution in [0.3, 0.4) is 0 Å². The lowest BCUT2D eigenvalue weighted by Crippen LogP contribution is -2.19. The number of hydrogen-bond acceptors (Lipinski definition) is 3. The second kappa shape index (κ2) is 7.34. The molecule has 0 fully saturated rings. The predicted molar refractivity (Wildman–Crippen MR) is 102 cm³/mol. The van der Waals surface area contributed by atoms with Crippen molar-refractivity contribution in [2.24, 2.45) is 0 Å². The molecule has 1 unspecified atom stereocenters. The molecular weight excluding hydrogens is 355 g/mol. The van der Waals surface area contributed by atoms with E-state index in [1.54, 1.807) is 24.3 Å². The Hall–Kier alpha value is -2.96. The van der Waals surface area contributed by atoms with Gasteiger partial charge in [0, 0.05) is 29.4 Å². The van der Waals surface area contributed by atoms with Crippen LogP contribution in [0.1, 0.15) is 24.5 Å². The smallest absolute Gasteiger partial charge is 0.380 e. The summed E-state index contributed by atoms with van der Waals surface area (Å²) in [6.07, 6.45) is -4.90. The summed E-state index contributed by atoms with van der Waals surface area (Å²) in [5.41, 5.74) is 3.33. The van der Waals surface area contributed by atoms with Gasteiger partial charge in [0.05, 0.1) is 17.8 Å². The molecule has 0 saturated carbocycles. The zero-order valence-electron chi connectivity index (χ0n) is 14.8. The van der Waals surface area contributed by atoms with Gasteiger partial charge in [0.25, 0.3) is 0 Å². The first-order chi connectivity index (χ1) is 12.7. The highest BCUT2D eigenvalue weighted by molar-refractivity contribution is 5.99. The number of halogens is 3. The van der Waals surface area contributed by atoms with Crippen LogP contribution in [0.2, 0.25) is 0 Å². The van der Waals surface area contributed by atoms with Crippen LogP contribution in [0.5, 0.6) is 0 Å². The minimum absolute atomic E-state index is 0.0599. The van der Waals surface area contributed by atoms with E-state index in [9.17, 15) is 18.0 Å². The topological polar surface area (TPSA) is 53.2 Å². The van der Waals surface area contributed by atoms with Gasteiger partial charge in [0.15, 0.2) is 0 Å². The molecule has 3 N–H and O–H groups in total. The van der Waals surface area contributed by atoms with E-state index in [0.717, 1.165) is 11.3 Å². The van der Waals surface area contributed by atoms with Crippen LogP contribution < -0.4 is 16.0 Å². The van der Waals surface area contributed by atoms with Crippen molar-refractivity contribution in [1.29, 1.82) is 0 Å². The van der Waals surface area contributed by atoms with E-state index >= 15 is 0 Å². The Kier molecular flexibility index (Phi) is 5.12. The summed E-state index contributed by atoms with van der Waals surface area (Å²) in [6, 6.07) is 11.5. The van der Waals surface area contributed by atoms with Crippen molar-refractivity contribution in [1.82, 2.24) is 0 Å². The SMILES string of the molecule is C=C(Nc1cccc(CC(F)(F)F)c1)c1cccc2c1NC(C)CC(=O)N2. The van der Waals surface area contributed by atoms with E-state index in [4.69, 9.17) is 0 Å². The highest BCUT2D eigenvalue weighted by Crippen LogP contribution is 2.34. The zero-order valence-corrected chi connectivity index (χ0v) is 14.8. The molecule has 4 nitrogen and oxygen atoms in total.